The molecule has 1 heterocycles. The molecule has 0 aliphatic heterocycles. The predicted octanol–water partition coefficient (Wildman–Crippen LogP) is 2.86. The molecule has 1 aromatic heterocycles. The first-order chi connectivity index (χ1) is 8.98. The van der Waals surface area contributed by atoms with Crippen molar-refractivity contribution in [3.63, 3.8) is 0 Å². The molecule has 6 heteroatoms. The molecule has 1 saturated carbocycles. The van der Waals surface area contributed by atoms with E-state index in [0.29, 0.717) is 22.4 Å². The fraction of sp³-hybridized carbons (Fsp3) is 0.385. The number of methoxy groups -OCH3 is 1. The number of imidazole rings is 1. The zero-order valence-electron chi connectivity index (χ0n) is 10.2. The van der Waals surface area contributed by atoms with Crippen molar-refractivity contribution in [2.75, 3.05) is 7.11 Å². The zero-order chi connectivity index (χ0) is 13.6. The summed E-state index contributed by atoms with van der Waals surface area (Å²) < 4.78 is 30.3. The monoisotopic (exact) mass is 266 g/mol. The van der Waals surface area contributed by atoms with E-state index in [4.69, 9.17) is 0 Å². The Morgan fingerprint density at radius 1 is 1.47 bits per heavy atom. The van der Waals surface area contributed by atoms with Gasteiger partial charge in [0, 0.05) is 18.8 Å². The number of esters is 1. The summed E-state index contributed by atoms with van der Waals surface area (Å²) in [4.78, 5) is 18.7. The maximum absolute atomic E-state index is 12.8. The average molecular weight is 266 g/mol. The highest BCUT2D eigenvalue weighted by Gasteiger charge is 2.47. The largest absolute Gasteiger partial charge is 0.465 e. The van der Waals surface area contributed by atoms with Crippen molar-refractivity contribution in [1.82, 2.24) is 9.97 Å². The minimum Gasteiger partial charge on any atom is -0.465 e. The second-order valence-corrected chi connectivity index (χ2v) is 4.81. The zero-order valence-corrected chi connectivity index (χ0v) is 10.2. The summed E-state index contributed by atoms with van der Waals surface area (Å²) in [6, 6.07) is 4.90. The number of halogens is 2. The van der Waals surface area contributed by atoms with Gasteiger partial charge in [-0.05, 0) is 18.2 Å². The van der Waals surface area contributed by atoms with Gasteiger partial charge in [0.1, 0.15) is 5.82 Å². The molecule has 1 fully saturated rings. The van der Waals surface area contributed by atoms with Gasteiger partial charge < -0.3 is 9.72 Å². The topological polar surface area (TPSA) is 55.0 Å². The third-order valence-corrected chi connectivity index (χ3v) is 3.40. The number of carbonyl (C=O) groups excluding carboxylic acids is 1. The number of hydrogen-bond acceptors (Lipinski definition) is 3. The van der Waals surface area contributed by atoms with Crippen molar-refractivity contribution in [2.45, 2.75) is 24.7 Å². The van der Waals surface area contributed by atoms with Crippen LogP contribution >= 0.6 is 0 Å². The molecule has 3 rings (SSSR count). The van der Waals surface area contributed by atoms with E-state index in [1.54, 1.807) is 18.2 Å². The van der Waals surface area contributed by atoms with Crippen LogP contribution in [0.1, 0.15) is 34.9 Å². The normalized spacial score (nSPS) is 18.3. The Morgan fingerprint density at radius 2 is 2.21 bits per heavy atom. The third kappa shape index (κ3) is 2.07. The van der Waals surface area contributed by atoms with Gasteiger partial charge in [-0.25, -0.2) is 18.6 Å². The lowest BCUT2D eigenvalue weighted by molar-refractivity contribution is -0.0883. The van der Waals surface area contributed by atoms with Gasteiger partial charge in [-0.1, -0.05) is 0 Å². The number of benzene rings is 1. The Bertz CT molecular complexity index is 643. The predicted molar refractivity (Wildman–Crippen MR) is 64.4 cm³/mol. The highest BCUT2D eigenvalue weighted by Crippen LogP contribution is 2.47. The number of carbonyl (C=O) groups is 1. The highest BCUT2D eigenvalue weighted by atomic mass is 19.3. The fourth-order valence-corrected chi connectivity index (χ4v) is 2.32. The molecule has 0 bridgehead atoms. The molecule has 4 nitrogen and oxygen atoms in total. The number of ether oxygens (including phenoxy) is 1. The first kappa shape index (κ1) is 12.1. The Kier molecular flexibility index (Phi) is 2.55. The van der Waals surface area contributed by atoms with Crippen molar-refractivity contribution in [3.05, 3.63) is 29.6 Å². The Morgan fingerprint density at radius 3 is 2.84 bits per heavy atom. The average Bonchev–Trinajstić information content (AvgIpc) is 2.77. The fourth-order valence-electron chi connectivity index (χ4n) is 2.32. The number of aromatic nitrogens is 2. The van der Waals surface area contributed by atoms with E-state index >= 15 is 0 Å². The second-order valence-electron chi connectivity index (χ2n) is 4.81. The molecule has 19 heavy (non-hydrogen) atoms. The van der Waals surface area contributed by atoms with E-state index < -0.39 is 11.9 Å². The summed E-state index contributed by atoms with van der Waals surface area (Å²) in [6.45, 7) is 0. The molecule has 1 aliphatic carbocycles. The van der Waals surface area contributed by atoms with Crippen LogP contribution in [0.4, 0.5) is 8.78 Å². The SMILES string of the molecule is COC(=O)c1ccc2nc(C3CC(F)(F)C3)[nH]c2c1. The van der Waals surface area contributed by atoms with Gasteiger partial charge in [-0.3, -0.25) is 0 Å². The molecule has 1 aliphatic rings. The van der Waals surface area contributed by atoms with E-state index in [2.05, 4.69) is 14.7 Å². The minimum atomic E-state index is -2.57. The summed E-state index contributed by atoms with van der Waals surface area (Å²) in [5.74, 6) is -2.68. The quantitative estimate of drug-likeness (QED) is 0.850. The molecule has 2 aromatic rings. The van der Waals surface area contributed by atoms with Crippen molar-refractivity contribution in [1.29, 1.82) is 0 Å². The summed E-state index contributed by atoms with van der Waals surface area (Å²) >= 11 is 0. The standard InChI is InChI=1S/C13H12F2N2O2/c1-19-12(18)7-2-3-9-10(4-7)17-11(16-9)8-5-13(14,15)6-8/h2-4,8H,5-6H2,1H3,(H,16,17). The van der Waals surface area contributed by atoms with E-state index in [1.807, 2.05) is 0 Å². The van der Waals surface area contributed by atoms with Gasteiger partial charge in [0.25, 0.3) is 0 Å². The van der Waals surface area contributed by atoms with E-state index in [-0.39, 0.29) is 18.8 Å². The molecule has 0 spiro atoms. The number of fused-ring (bicyclic) bond motifs is 1. The number of alkyl halides is 2. The van der Waals surface area contributed by atoms with Crippen molar-refractivity contribution < 1.29 is 18.3 Å². The molecule has 0 saturated heterocycles. The molecule has 1 aromatic carbocycles. The molecular weight excluding hydrogens is 254 g/mol. The van der Waals surface area contributed by atoms with Crippen LogP contribution in [0.2, 0.25) is 0 Å². The number of hydrogen-bond donors (Lipinski definition) is 1. The summed E-state index contributed by atoms with van der Waals surface area (Å²) in [5.41, 5.74) is 1.73. The lowest BCUT2D eigenvalue weighted by atomic mass is 9.81. The van der Waals surface area contributed by atoms with E-state index in [1.165, 1.54) is 7.11 Å². The maximum atomic E-state index is 12.8. The van der Waals surface area contributed by atoms with Gasteiger partial charge in [-0.2, -0.15) is 0 Å². The molecule has 1 N–H and O–H groups in total. The van der Waals surface area contributed by atoms with Gasteiger partial charge in [0.2, 0.25) is 5.92 Å². The van der Waals surface area contributed by atoms with Crippen molar-refractivity contribution in [3.8, 4) is 0 Å². The van der Waals surface area contributed by atoms with E-state index in [0.717, 1.165) is 0 Å². The second kappa shape index (κ2) is 4.01. The smallest absolute Gasteiger partial charge is 0.337 e. The van der Waals surface area contributed by atoms with Gasteiger partial charge in [0.15, 0.2) is 0 Å². The van der Waals surface area contributed by atoms with Crippen LogP contribution in [0, 0.1) is 0 Å². The van der Waals surface area contributed by atoms with Crippen LogP contribution in [-0.4, -0.2) is 29.0 Å². The lowest BCUT2D eigenvalue weighted by Gasteiger charge is -2.33. The Labute approximate surface area is 107 Å². The van der Waals surface area contributed by atoms with Crippen LogP contribution in [-0.2, 0) is 4.74 Å². The Balaban J connectivity index is 1.91. The van der Waals surface area contributed by atoms with Crippen LogP contribution in [0.5, 0.6) is 0 Å². The highest BCUT2D eigenvalue weighted by molar-refractivity contribution is 5.93. The summed E-state index contributed by atoms with van der Waals surface area (Å²) in [5, 5.41) is 0. The molecule has 100 valence electrons. The van der Waals surface area contributed by atoms with Gasteiger partial charge in [0.05, 0.1) is 23.7 Å². The maximum Gasteiger partial charge on any atom is 0.337 e. The number of nitrogens with zero attached hydrogens (tertiary/aromatic N) is 1. The first-order valence-corrected chi connectivity index (χ1v) is 5.94. The van der Waals surface area contributed by atoms with Crippen LogP contribution in [0.15, 0.2) is 18.2 Å². The summed E-state index contributed by atoms with van der Waals surface area (Å²) in [6.07, 6.45) is -0.340. The van der Waals surface area contributed by atoms with E-state index in [9.17, 15) is 13.6 Å². The van der Waals surface area contributed by atoms with Crippen LogP contribution in [0.25, 0.3) is 11.0 Å². The summed E-state index contributed by atoms with van der Waals surface area (Å²) in [7, 11) is 1.31. The van der Waals surface area contributed by atoms with Gasteiger partial charge in [-0.15, -0.1) is 0 Å². The van der Waals surface area contributed by atoms with Gasteiger partial charge >= 0.3 is 5.97 Å². The molecule has 0 atom stereocenters. The minimum absolute atomic E-state index is 0.170. The van der Waals surface area contributed by atoms with Crippen LogP contribution < -0.4 is 0 Å². The molecule has 0 unspecified atom stereocenters. The van der Waals surface area contributed by atoms with Crippen LogP contribution in [0.3, 0.4) is 0 Å². The molecule has 0 radical (unpaired) electrons. The van der Waals surface area contributed by atoms with Crippen molar-refractivity contribution in [2.24, 2.45) is 0 Å². The number of nitrogens with one attached hydrogen (secondary N) is 1. The number of H-pyrrole nitrogens is 1. The third-order valence-electron chi connectivity index (χ3n) is 3.40. The Hall–Kier alpha value is -1.98. The number of rotatable bonds is 2. The number of aromatic amines is 1. The lowest BCUT2D eigenvalue weighted by Crippen LogP contribution is -2.34. The molecular formula is C13H12F2N2O2. The van der Waals surface area contributed by atoms with Crippen molar-refractivity contribution >= 4 is 17.0 Å². The first-order valence-electron chi connectivity index (χ1n) is 5.94. The molecule has 0 amide bonds.